The molecule has 0 spiro atoms. The molecule has 1 saturated heterocycles. The predicted octanol–water partition coefficient (Wildman–Crippen LogP) is 3.28. The Bertz CT molecular complexity index is 1250. The van der Waals surface area contributed by atoms with Crippen molar-refractivity contribution in [3.05, 3.63) is 76.8 Å². The smallest absolute Gasteiger partial charge is 0.326 e. The SMILES string of the molecule is O=C(Cc1ccc2ncccc2c1)N1CCC(n2c(=O)[nH]c3ccccc32)CC1. The first kappa shape index (κ1) is 17.7. The van der Waals surface area contributed by atoms with E-state index in [1.54, 1.807) is 6.20 Å². The van der Waals surface area contributed by atoms with E-state index in [1.807, 2.05) is 64.1 Å². The van der Waals surface area contributed by atoms with Crippen molar-refractivity contribution in [1.29, 1.82) is 0 Å². The maximum atomic E-state index is 12.8. The summed E-state index contributed by atoms with van der Waals surface area (Å²) >= 11 is 0. The summed E-state index contributed by atoms with van der Waals surface area (Å²) in [5, 5.41) is 1.05. The minimum atomic E-state index is -0.0688. The molecular weight excluding hydrogens is 364 g/mol. The standard InChI is InChI=1S/C23H22N4O2/c28-22(15-16-7-8-19-17(14-16)4-3-11-24-19)26-12-9-18(10-13-26)27-21-6-2-1-5-20(21)25-23(27)29/h1-8,11,14,18H,9-10,12-13,15H2,(H,25,29). The van der Waals surface area contributed by atoms with E-state index in [-0.39, 0.29) is 17.6 Å². The molecule has 1 amide bonds. The second-order valence-corrected chi connectivity index (χ2v) is 7.64. The summed E-state index contributed by atoms with van der Waals surface area (Å²) in [7, 11) is 0. The summed E-state index contributed by atoms with van der Waals surface area (Å²) in [5.41, 5.74) is 3.67. The van der Waals surface area contributed by atoms with Crippen molar-refractivity contribution in [3.63, 3.8) is 0 Å². The molecule has 29 heavy (non-hydrogen) atoms. The highest BCUT2D eigenvalue weighted by atomic mass is 16.2. The van der Waals surface area contributed by atoms with Gasteiger partial charge in [-0.1, -0.05) is 24.3 Å². The van der Waals surface area contributed by atoms with Crippen molar-refractivity contribution in [2.75, 3.05) is 13.1 Å². The average Bonchev–Trinajstić information content (AvgIpc) is 3.09. The Balaban J connectivity index is 1.28. The van der Waals surface area contributed by atoms with E-state index in [0.717, 1.165) is 40.3 Å². The van der Waals surface area contributed by atoms with Crippen LogP contribution in [0.2, 0.25) is 0 Å². The third-order valence-corrected chi connectivity index (χ3v) is 5.83. The molecule has 0 atom stereocenters. The first-order chi connectivity index (χ1) is 14.2. The Kier molecular flexibility index (Phi) is 4.39. The zero-order chi connectivity index (χ0) is 19.8. The number of para-hydroxylation sites is 2. The van der Waals surface area contributed by atoms with Gasteiger partial charge in [-0.15, -0.1) is 0 Å². The fourth-order valence-electron chi connectivity index (χ4n) is 4.33. The van der Waals surface area contributed by atoms with Crippen LogP contribution in [0.25, 0.3) is 21.9 Å². The van der Waals surface area contributed by atoms with E-state index in [0.29, 0.717) is 19.5 Å². The number of carbonyl (C=O) groups excluding carboxylic acids is 1. The molecule has 0 unspecified atom stereocenters. The quantitative estimate of drug-likeness (QED) is 0.587. The number of rotatable bonds is 3. The number of amides is 1. The number of piperidine rings is 1. The Morgan fingerprint density at radius 3 is 2.76 bits per heavy atom. The number of aromatic amines is 1. The maximum Gasteiger partial charge on any atom is 0.326 e. The zero-order valence-corrected chi connectivity index (χ0v) is 16.0. The first-order valence-electron chi connectivity index (χ1n) is 10.00. The maximum absolute atomic E-state index is 12.8. The average molecular weight is 386 g/mol. The van der Waals surface area contributed by atoms with Crippen molar-refractivity contribution >= 4 is 27.8 Å². The van der Waals surface area contributed by atoms with Crippen molar-refractivity contribution < 1.29 is 4.79 Å². The van der Waals surface area contributed by atoms with Gasteiger partial charge in [0.05, 0.1) is 23.0 Å². The molecule has 2 aromatic carbocycles. The third kappa shape index (κ3) is 3.31. The summed E-state index contributed by atoms with van der Waals surface area (Å²) in [6, 6.07) is 17.8. The van der Waals surface area contributed by atoms with Gasteiger partial charge in [-0.05, 0) is 48.7 Å². The van der Waals surface area contributed by atoms with E-state index < -0.39 is 0 Å². The highest BCUT2D eigenvalue weighted by Gasteiger charge is 2.26. The number of nitrogens with one attached hydrogen (secondary N) is 1. The lowest BCUT2D eigenvalue weighted by Gasteiger charge is -2.32. The molecule has 6 nitrogen and oxygen atoms in total. The summed E-state index contributed by atoms with van der Waals surface area (Å²) in [5.74, 6) is 0.137. The molecule has 6 heteroatoms. The van der Waals surface area contributed by atoms with Crippen molar-refractivity contribution in [2.45, 2.75) is 25.3 Å². The fourth-order valence-corrected chi connectivity index (χ4v) is 4.33. The number of aromatic nitrogens is 3. The highest BCUT2D eigenvalue weighted by molar-refractivity contribution is 5.83. The molecular formula is C23H22N4O2. The Labute approximate surface area is 167 Å². The van der Waals surface area contributed by atoms with Crippen LogP contribution >= 0.6 is 0 Å². The van der Waals surface area contributed by atoms with Crippen LogP contribution in [0.5, 0.6) is 0 Å². The number of pyridine rings is 1. The second kappa shape index (κ2) is 7.20. The van der Waals surface area contributed by atoms with Gasteiger partial charge in [0.2, 0.25) is 5.91 Å². The molecule has 3 heterocycles. The van der Waals surface area contributed by atoms with E-state index in [4.69, 9.17) is 0 Å². The Hall–Kier alpha value is -3.41. The van der Waals surface area contributed by atoms with Crippen LogP contribution < -0.4 is 5.69 Å². The van der Waals surface area contributed by atoms with E-state index >= 15 is 0 Å². The molecule has 0 saturated carbocycles. The number of H-pyrrole nitrogens is 1. The topological polar surface area (TPSA) is 71.0 Å². The lowest BCUT2D eigenvalue weighted by atomic mass is 10.0. The van der Waals surface area contributed by atoms with Crippen LogP contribution in [0.15, 0.2) is 65.6 Å². The van der Waals surface area contributed by atoms with Crippen LogP contribution in [0.4, 0.5) is 0 Å². The summed E-state index contributed by atoms with van der Waals surface area (Å²) < 4.78 is 1.85. The normalized spacial score (nSPS) is 15.2. The minimum absolute atomic E-state index is 0.0688. The Morgan fingerprint density at radius 2 is 1.90 bits per heavy atom. The van der Waals surface area contributed by atoms with Gasteiger partial charge in [0.25, 0.3) is 0 Å². The number of imidazole rings is 1. The van der Waals surface area contributed by atoms with Gasteiger partial charge >= 0.3 is 5.69 Å². The molecule has 1 fully saturated rings. The minimum Gasteiger partial charge on any atom is -0.342 e. The Morgan fingerprint density at radius 1 is 1.07 bits per heavy atom. The monoisotopic (exact) mass is 386 g/mol. The van der Waals surface area contributed by atoms with Crippen LogP contribution in [-0.4, -0.2) is 38.4 Å². The van der Waals surface area contributed by atoms with Gasteiger partial charge in [0.15, 0.2) is 0 Å². The van der Waals surface area contributed by atoms with Crippen LogP contribution in [-0.2, 0) is 11.2 Å². The van der Waals surface area contributed by atoms with Gasteiger partial charge in [-0.25, -0.2) is 4.79 Å². The largest absolute Gasteiger partial charge is 0.342 e. The van der Waals surface area contributed by atoms with Gasteiger partial charge in [-0.3, -0.25) is 14.3 Å². The summed E-state index contributed by atoms with van der Waals surface area (Å²) in [4.78, 5) is 34.4. The third-order valence-electron chi connectivity index (χ3n) is 5.83. The van der Waals surface area contributed by atoms with E-state index in [2.05, 4.69) is 9.97 Å². The first-order valence-corrected chi connectivity index (χ1v) is 10.00. The lowest BCUT2D eigenvalue weighted by molar-refractivity contribution is -0.131. The van der Waals surface area contributed by atoms with Crippen LogP contribution in [0.3, 0.4) is 0 Å². The van der Waals surface area contributed by atoms with E-state index in [1.165, 1.54) is 0 Å². The van der Waals surface area contributed by atoms with E-state index in [9.17, 15) is 9.59 Å². The molecule has 4 aromatic rings. The molecule has 0 bridgehead atoms. The number of likely N-dealkylation sites (tertiary alicyclic amines) is 1. The number of hydrogen-bond acceptors (Lipinski definition) is 3. The molecule has 146 valence electrons. The van der Waals surface area contributed by atoms with Crippen molar-refractivity contribution in [2.24, 2.45) is 0 Å². The van der Waals surface area contributed by atoms with Crippen molar-refractivity contribution in [1.82, 2.24) is 19.4 Å². The molecule has 1 aliphatic heterocycles. The van der Waals surface area contributed by atoms with Gasteiger partial charge in [-0.2, -0.15) is 0 Å². The fraction of sp³-hybridized carbons (Fsp3) is 0.261. The molecule has 5 rings (SSSR count). The molecule has 0 aliphatic carbocycles. The summed E-state index contributed by atoms with van der Waals surface area (Å²) in [6.45, 7) is 1.34. The van der Waals surface area contributed by atoms with Crippen molar-refractivity contribution in [3.8, 4) is 0 Å². The highest BCUT2D eigenvalue weighted by Crippen LogP contribution is 2.25. The summed E-state index contributed by atoms with van der Waals surface area (Å²) in [6.07, 6.45) is 3.74. The predicted molar refractivity (Wildman–Crippen MR) is 113 cm³/mol. The number of benzene rings is 2. The molecule has 1 N–H and O–H groups in total. The van der Waals surface area contributed by atoms with Crippen LogP contribution in [0, 0.1) is 0 Å². The molecule has 1 aliphatic rings. The second-order valence-electron chi connectivity index (χ2n) is 7.64. The number of nitrogens with zero attached hydrogens (tertiary/aromatic N) is 3. The molecule has 0 radical (unpaired) electrons. The van der Waals surface area contributed by atoms with Gasteiger partial charge in [0, 0.05) is 30.7 Å². The lowest BCUT2D eigenvalue weighted by Crippen LogP contribution is -2.41. The number of hydrogen-bond donors (Lipinski definition) is 1. The van der Waals surface area contributed by atoms with Gasteiger partial charge in [0.1, 0.15) is 0 Å². The van der Waals surface area contributed by atoms with Crippen LogP contribution in [0.1, 0.15) is 24.4 Å². The number of carbonyl (C=O) groups is 1. The molecule has 2 aromatic heterocycles. The van der Waals surface area contributed by atoms with Gasteiger partial charge < -0.3 is 9.88 Å². The number of fused-ring (bicyclic) bond motifs is 2. The zero-order valence-electron chi connectivity index (χ0n) is 16.0.